The number of thiophene rings is 1. The molecule has 5 nitrogen and oxygen atoms in total. The van der Waals surface area contributed by atoms with Crippen molar-refractivity contribution in [1.29, 1.82) is 0 Å². The van der Waals surface area contributed by atoms with E-state index < -0.39 is 19.2 Å². The zero-order chi connectivity index (χ0) is 20.6. The molecule has 3 aromatic rings. The number of rotatable bonds is 5. The van der Waals surface area contributed by atoms with Gasteiger partial charge in [0.1, 0.15) is 0 Å². The van der Waals surface area contributed by atoms with Crippen LogP contribution in [-0.2, 0) is 9.36 Å². The van der Waals surface area contributed by atoms with Crippen molar-refractivity contribution in [1.82, 2.24) is 0 Å². The van der Waals surface area contributed by atoms with Crippen molar-refractivity contribution in [2.75, 3.05) is 4.90 Å². The SMILES string of the molecule is C=CN(C(=O)C(c1csc2ccc(Cl)cc12)P(=O)(O)O)c1cc(Cl)cc(Cl)c1. The summed E-state index contributed by atoms with van der Waals surface area (Å²) in [4.78, 5) is 34.2. The molecule has 1 aromatic heterocycles. The quantitative estimate of drug-likeness (QED) is 0.426. The number of carbonyl (C=O) groups is 1. The lowest BCUT2D eigenvalue weighted by Gasteiger charge is -2.25. The molecule has 28 heavy (non-hydrogen) atoms. The summed E-state index contributed by atoms with van der Waals surface area (Å²) < 4.78 is 13.1. The van der Waals surface area contributed by atoms with Crippen LogP contribution in [0.25, 0.3) is 10.1 Å². The van der Waals surface area contributed by atoms with Gasteiger partial charge in [-0.3, -0.25) is 14.3 Å². The molecule has 10 heteroatoms. The van der Waals surface area contributed by atoms with Crippen LogP contribution in [0.15, 0.2) is 54.6 Å². The summed E-state index contributed by atoms with van der Waals surface area (Å²) in [6, 6.07) is 9.36. The zero-order valence-corrected chi connectivity index (χ0v) is 18.0. The fraction of sp³-hybridized carbons (Fsp3) is 0.0556. The average molecular weight is 477 g/mol. The van der Waals surface area contributed by atoms with E-state index in [-0.39, 0.29) is 21.3 Å². The van der Waals surface area contributed by atoms with Crippen LogP contribution in [0.4, 0.5) is 5.69 Å². The van der Waals surface area contributed by atoms with Crippen LogP contribution in [-0.4, -0.2) is 15.7 Å². The van der Waals surface area contributed by atoms with Gasteiger partial charge in [-0.05, 0) is 52.7 Å². The minimum Gasteiger partial charge on any atom is -0.324 e. The number of halogens is 3. The fourth-order valence-corrected chi connectivity index (χ4v) is 5.57. The summed E-state index contributed by atoms with van der Waals surface area (Å²) >= 11 is 19.3. The van der Waals surface area contributed by atoms with Crippen molar-refractivity contribution >= 4 is 75.4 Å². The van der Waals surface area contributed by atoms with E-state index in [0.717, 1.165) is 15.8 Å². The standard InChI is InChI=1S/C18H13Cl3NO4PS/c1-2-22(13-6-11(20)5-12(21)7-13)18(23)17(27(24,25)26)15-9-28-16-4-3-10(19)8-14(15)16/h2-9,17H,1H2,(H2,24,25,26). The molecular weight excluding hydrogens is 464 g/mol. The minimum atomic E-state index is -4.89. The van der Waals surface area contributed by atoms with Gasteiger partial charge in [-0.15, -0.1) is 11.3 Å². The molecular formula is C18H13Cl3NO4PS. The van der Waals surface area contributed by atoms with Crippen molar-refractivity contribution in [3.05, 3.63) is 75.2 Å². The van der Waals surface area contributed by atoms with Gasteiger partial charge in [-0.25, -0.2) is 0 Å². The third-order valence-corrected chi connectivity index (χ3v) is 6.80. The van der Waals surface area contributed by atoms with Gasteiger partial charge in [0, 0.05) is 26.0 Å². The molecule has 0 saturated carbocycles. The first-order chi connectivity index (χ1) is 13.1. The van der Waals surface area contributed by atoms with Crippen molar-refractivity contribution < 1.29 is 19.1 Å². The summed E-state index contributed by atoms with van der Waals surface area (Å²) in [5.41, 5.74) is -1.30. The molecule has 0 aliphatic rings. The fourth-order valence-electron chi connectivity index (χ4n) is 2.82. The first kappa shape index (κ1) is 21.3. The first-order valence-electron chi connectivity index (χ1n) is 7.75. The van der Waals surface area contributed by atoms with Crippen molar-refractivity contribution in [2.45, 2.75) is 5.66 Å². The highest BCUT2D eigenvalue weighted by molar-refractivity contribution is 7.53. The normalized spacial score (nSPS) is 12.8. The molecule has 0 fully saturated rings. The molecule has 0 aliphatic heterocycles. The number of fused-ring (bicyclic) bond motifs is 1. The van der Waals surface area contributed by atoms with E-state index in [4.69, 9.17) is 34.8 Å². The summed E-state index contributed by atoms with van der Waals surface area (Å²) in [6.07, 6.45) is 1.16. The second kappa shape index (κ2) is 8.17. The number of hydrogen-bond acceptors (Lipinski definition) is 3. The Morgan fingerprint density at radius 1 is 1.11 bits per heavy atom. The molecule has 0 spiro atoms. The van der Waals surface area contributed by atoms with Gasteiger partial charge >= 0.3 is 7.60 Å². The lowest BCUT2D eigenvalue weighted by atomic mass is 10.1. The van der Waals surface area contributed by atoms with E-state index >= 15 is 0 Å². The maximum Gasteiger partial charge on any atom is 0.342 e. The monoisotopic (exact) mass is 475 g/mol. The number of carbonyl (C=O) groups excluding carboxylic acids is 1. The maximum absolute atomic E-state index is 13.2. The third kappa shape index (κ3) is 4.29. The second-order valence-electron chi connectivity index (χ2n) is 5.84. The van der Waals surface area contributed by atoms with Crippen LogP contribution >= 0.6 is 53.7 Å². The van der Waals surface area contributed by atoms with Crippen molar-refractivity contribution in [2.24, 2.45) is 0 Å². The van der Waals surface area contributed by atoms with Crippen molar-refractivity contribution in [3.63, 3.8) is 0 Å². The Bertz CT molecular complexity index is 1110. The van der Waals surface area contributed by atoms with Crippen LogP contribution in [0, 0.1) is 0 Å². The van der Waals surface area contributed by atoms with E-state index in [1.807, 2.05) is 0 Å². The number of benzene rings is 2. The largest absolute Gasteiger partial charge is 0.342 e. The molecule has 3 rings (SSSR count). The molecule has 1 heterocycles. The van der Waals surface area contributed by atoms with E-state index in [2.05, 4.69) is 6.58 Å². The zero-order valence-electron chi connectivity index (χ0n) is 14.1. The van der Waals surface area contributed by atoms with Gasteiger partial charge < -0.3 is 9.79 Å². The molecule has 1 atom stereocenters. The van der Waals surface area contributed by atoms with Crippen LogP contribution in [0.2, 0.25) is 15.1 Å². The molecule has 0 bridgehead atoms. The molecule has 1 amide bonds. The summed E-state index contributed by atoms with van der Waals surface area (Å²) in [7, 11) is -4.89. The lowest BCUT2D eigenvalue weighted by molar-refractivity contribution is -0.118. The van der Waals surface area contributed by atoms with Gasteiger partial charge in [0.25, 0.3) is 5.91 Å². The average Bonchev–Trinajstić information content (AvgIpc) is 2.96. The molecule has 1 unspecified atom stereocenters. The smallest absolute Gasteiger partial charge is 0.324 e. The Balaban J connectivity index is 2.15. The van der Waals surface area contributed by atoms with E-state index in [1.54, 1.807) is 23.6 Å². The van der Waals surface area contributed by atoms with E-state index in [9.17, 15) is 19.1 Å². The van der Waals surface area contributed by atoms with Gasteiger partial charge in [-0.1, -0.05) is 41.4 Å². The van der Waals surface area contributed by atoms with Gasteiger partial charge in [0.05, 0.1) is 5.69 Å². The van der Waals surface area contributed by atoms with E-state index in [0.29, 0.717) is 10.4 Å². The summed E-state index contributed by atoms with van der Waals surface area (Å²) in [5.74, 6) is -0.860. The molecule has 0 aliphatic carbocycles. The highest BCUT2D eigenvalue weighted by atomic mass is 35.5. The third-order valence-electron chi connectivity index (χ3n) is 3.98. The van der Waals surface area contributed by atoms with Crippen LogP contribution < -0.4 is 4.90 Å². The predicted molar refractivity (Wildman–Crippen MR) is 116 cm³/mol. The Morgan fingerprint density at radius 3 is 2.32 bits per heavy atom. The Morgan fingerprint density at radius 2 is 1.75 bits per heavy atom. The Labute approximate surface area is 179 Å². The Kier molecular flexibility index (Phi) is 6.23. The minimum absolute atomic E-state index is 0.195. The van der Waals surface area contributed by atoms with Gasteiger partial charge in [0.15, 0.2) is 5.66 Å². The maximum atomic E-state index is 13.2. The first-order valence-corrected chi connectivity index (χ1v) is 11.4. The highest BCUT2D eigenvalue weighted by Crippen LogP contribution is 2.55. The number of amides is 1. The summed E-state index contributed by atoms with van der Waals surface area (Å²) in [6.45, 7) is 3.59. The Hall–Kier alpha value is -1.37. The van der Waals surface area contributed by atoms with Crippen LogP contribution in [0.5, 0.6) is 0 Å². The summed E-state index contributed by atoms with van der Waals surface area (Å²) in [5, 5.41) is 2.98. The second-order valence-corrected chi connectivity index (χ2v) is 9.76. The van der Waals surface area contributed by atoms with E-state index in [1.165, 1.54) is 29.5 Å². The molecule has 2 aromatic carbocycles. The molecule has 0 radical (unpaired) electrons. The molecule has 2 N–H and O–H groups in total. The van der Waals surface area contributed by atoms with Crippen LogP contribution in [0.1, 0.15) is 11.2 Å². The highest BCUT2D eigenvalue weighted by Gasteiger charge is 2.41. The number of nitrogens with zero attached hydrogens (tertiary/aromatic N) is 1. The molecule has 146 valence electrons. The van der Waals surface area contributed by atoms with Gasteiger partial charge in [-0.2, -0.15) is 0 Å². The number of hydrogen-bond donors (Lipinski definition) is 2. The predicted octanol–water partition coefficient (Wildman–Crippen LogP) is 6.26. The number of anilines is 1. The lowest BCUT2D eigenvalue weighted by Crippen LogP contribution is -2.30. The van der Waals surface area contributed by atoms with Crippen molar-refractivity contribution in [3.8, 4) is 0 Å². The topological polar surface area (TPSA) is 77.8 Å². The molecule has 0 saturated heterocycles. The van der Waals surface area contributed by atoms with Crippen LogP contribution in [0.3, 0.4) is 0 Å². The van der Waals surface area contributed by atoms with Gasteiger partial charge in [0.2, 0.25) is 0 Å².